The summed E-state index contributed by atoms with van der Waals surface area (Å²) in [6, 6.07) is 9.71. The number of rotatable bonds is 6. The molecule has 0 radical (unpaired) electrons. The predicted octanol–water partition coefficient (Wildman–Crippen LogP) is 2.73. The quantitative estimate of drug-likeness (QED) is 0.642. The number of halogens is 3. The van der Waals surface area contributed by atoms with Crippen LogP contribution in [0.5, 0.6) is 5.75 Å². The average Bonchev–Trinajstić information content (AvgIpc) is 3.32. The Kier molecular flexibility index (Phi) is 8.15. The Hall–Kier alpha value is -3.12. The number of hydrogen-bond donors (Lipinski definition) is 2. The summed E-state index contributed by atoms with van der Waals surface area (Å²) in [5, 5.41) is 13.6. The van der Waals surface area contributed by atoms with Gasteiger partial charge in [0, 0.05) is 37.8 Å². The molecule has 1 unspecified atom stereocenters. The number of methoxy groups -OCH3 is 1. The van der Waals surface area contributed by atoms with E-state index in [1.165, 1.54) is 11.8 Å². The molecule has 3 heterocycles. The predicted molar refractivity (Wildman–Crippen MR) is 112 cm³/mol. The van der Waals surface area contributed by atoms with Crippen molar-refractivity contribution in [3.8, 4) is 5.75 Å². The third kappa shape index (κ3) is 6.70. The average molecular weight is 485 g/mol. The lowest BCUT2D eigenvalue weighted by molar-refractivity contribution is -0.192. The van der Waals surface area contributed by atoms with Crippen LogP contribution < -0.4 is 10.1 Å². The molecule has 1 atom stereocenters. The van der Waals surface area contributed by atoms with Gasteiger partial charge in [0.2, 0.25) is 5.76 Å². The first-order valence-corrected chi connectivity index (χ1v) is 10.6. The van der Waals surface area contributed by atoms with Crippen molar-refractivity contribution < 1.29 is 41.9 Å². The van der Waals surface area contributed by atoms with Gasteiger partial charge >= 0.3 is 12.1 Å². The maximum atomic E-state index is 11.9. The summed E-state index contributed by atoms with van der Waals surface area (Å²) in [4.78, 5) is 23.2. The maximum absolute atomic E-state index is 11.9. The molecule has 2 saturated heterocycles. The van der Waals surface area contributed by atoms with E-state index in [0.29, 0.717) is 19.1 Å². The monoisotopic (exact) mass is 485 g/mol. The Morgan fingerprint density at radius 3 is 2.56 bits per heavy atom. The highest BCUT2D eigenvalue weighted by molar-refractivity contribution is 5.91. The number of ether oxygens (including phenoxy) is 2. The molecule has 1 amide bonds. The van der Waals surface area contributed by atoms with E-state index < -0.39 is 12.1 Å². The Labute approximate surface area is 193 Å². The van der Waals surface area contributed by atoms with E-state index in [-0.39, 0.29) is 17.3 Å². The maximum Gasteiger partial charge on any atom is 0.490 e. The Bertz CT molecular complexity index is 951. The number of carbonyl (C=O) groups is 2. The highest BCUT2D eigenvalue weighted by atomic mass is 19.4. The summed E-state index contributed by atoms with van der Waals surface area (Å²) in [7, 11) is 1.71. The molecule has 2 N–H and O–H groups in total. The summed E-state index contributed by atoms with van der Waals surface area (Å²) >= 11 is 0. The van der Waals surface area contributed by atoms with E-state index in [9.17, 15) is 18.0 Å². The number of hydrogen-bond acceptors (Lipinski definition) is 7. The van der Waals surface area contributed by atoms with E-state index in [0.717, 1.165) is 38.2 Å². The Morgan fingerprint density at radius 2 is 2.00 bits per heavy atom. The largest absolute Gasteiger partial charge is 0.496 e. The number of nitrogens with one attached hydrogen (secondary N) is 1. The SMILES string of the molecule is COc1ccccc1CN1CC2(CCC(CNC(=O)c3ccno3)CO2)C1.O=C(O)C(F)(F)F. The molecule has 1 aromatic heterocycles. The van der Waals surface area contributed by atoms with E-state index in [2.05, 4.69) is 21.4 Å². The van der Waals surface area contributed by atoms with E-state index in [4.69, 9.17) is 23.9 Å². The highest BCUT2D eigenvalue weighted by Crippen LogP contribution is 2.37. The van der Waals surface area contributed by atoms with Crippen LogP contribution in [0.1, 0.15) is 29.0 Å². The smallest absolute Gasteiger partial charge is 0.490 e. The number of carboxylic acid groups (broad SMARTS) is 1. The van der Waals surface area contributed by atoms with Crippen molar-refractivity contribution in [1.29, 1.82) is 0 Å². The standard InChI is InChI=1S/C20H25N3O4.C2HF3O2/c1-25-17-5-3-2-4-16(17)11-23-13-20(14-23)8-6-15(12-26-20)10-21-19(24)18-7-9-22-27-18;3-2(4,5)1(6)7/h2-5,7,9,15H,6,8,10-14H2,1H3,(H,21,24);(H,6,7). The number of alkyl halides is 3. The minimum absolute atomic E-state index is 0.0204. The van der Waals surface area contributed by atoms with Gasteiger partial charge in [0.25, 0.3) is 5.91 Å². The molecule has 186 valence electrons. The van der Waals surface area contributed by atoms with Crippen molar-refractivity contribution in [1.82, 2.24) is 15.4 Å². The zero-order chi connectivity index (χ0) is 24.8. The number of aromatic nitrogens is 1. The van der Waals surface area contributed by atoms with Crippen LogP contribution in [0.4, 0.5) is 13.2 Å². The molecule has 1 aromatic carbocycles. The van der Waals surface area contributed by atoms with Gasteiger partial charge in [0.1, 0.15) is 5.75 Å². The number of aliphatic carboxylic acids is 1. The summed E-state index contributed by atoms with van der Waals surface area (Å²) in [6.07, 6.45) is -1.53. The first-order valence-electron chi connectivity index (χ1n) is 10.6. The van der Waals surface area contributed by atoms with Crippen LogP contribution in [0.2, 0.25) is 0 Å². The van der Waals surface area contributed by atoms with Crippen LogP contribution in [0, 0.1) is 5.92 Å². The minimum atomic E-state index is -5.08. The first kappa shape index (κ1) is 25.5. The van der Waals surface area contributed by atoms with Gasteiger partial charge in [-0.1, -0.05) is 23.4 Å². The molecule has 2 fully saturated rings. The number of carboxylic acids is 1. The van der Waals surface area contributed by atoms with Gasteiger partial charge in [-0.2, -0.15) is 13.2 Å². The van der Waals surface area contributed by atoms with E-state index >= 15 is 0 Å². The summed E-state index contributed by atoms with van der Waals surface area (Å²) in [6.45, 7) is 4.05. The van der Waals surface area contributed by atoms with Crippen molar-refractivity contribution in [3.05, 3.63) is 47.9 Å². The number of amides is 1. The number of carbonyl (C=O) groups excluding carboxylic acids is 1. The molecule has 2 aliphatic heterocycles. The second kappa shape index (κ2) is 10.9. The first-order chi connectivity index (χ1) is 16.1. The van der Waals surface area contributed by atoms with Gasteiger partial charge in [-0.15, -0.1) is 0 Å². The number of nitrogens with zero attached hydrogens (tertiary/aromatic N) is 2. The number of benzene rings is 1. The van der Waals surface area contributed by atoms with Crippen molar-refractivity contribution in [3.63, 3.8) is 0 Å². The minimum Gasteiger partial charge on any atom is -0.496 e. The fraction of sp³-hybridized carbons (Fsp3) is 0.500. The van der Waals surface area contributed by atoms with Crippen LogP contribution >= 0.6 is 0 Å². The lowest BCUT2D eigenvalue weighted by atomic mass is 9.82. The van der Waals surface area contributed by atoms with Crippen molar-refractivity contribution >= 4 is 11.9 Å². The topological polar surface area (TPSA) is 114 Å². The molecule has 1 spiro atoms. The van der Waals surface area contributed by atoms with Crippen molar-refractivity contribution in [2.45, 2.75) is 31.2 Å². The molecule has 34 heavy (non-hydrogen) atoms. The summed E-state index contributed by atoms with van der Waals surface area (Å²) in [5.74, 6) is -1.46. The van der Waals surface area contributed by atoms with Crippen molar-refractivity contribution in [2.75, 3.05) is 33.4 Å². The molecule has 9 nitrogen and oxygen atoms in total. The summed E-state index contributed by atoms with van der Waals surface area (Å²) < 4.78 is 48.2. The molecule has 2 aromatic rings. The van der Waals surface area contributed by atoms with Gasteiger partial charge in [-0.05, 0) is 24.8 Å². The van der Waals surface area contributed by atoms with Crippen LogP contribution in [0.25, 0.3) is 0 Å². The van der Waals surface area contributed by atoms with Crippen LogP contribution in [-0.2, 0) is 16.1 Å². The second-order valence-corrected chi connectivity index (χ2v) is 8.25. The van der Waals surface area contributed by atoms with E-state index in [1.807, 2.05) is 18.2 Å². The Balaban J connectivity index is 0.000000406. The third-order valence-electron chi connectivity index (χ3n) is 5.70. The molecule has 12 heteroatoms. The van der Waals surface area contributed by atoms with Gasteiger partial charge in [-0.25, -0.2) is 4.79 Å². The number of likely N-dealkylation sites (tertiary alicyclic amines) is 1. The lowest BCUT2D eigenvalue weighted by Crippen LogP contribution is -2.64. The van der Waals surface area contributed by atoms with Gasteiger partial charge in [0.05, 0.1) is 25.5 Å². The fourth-order valence-corrected chi connectivity index (χ4v) is 3.94. The normalized spacial score (nSPS) is 19.5. The molecule has 0 aliphatic carbocycles. The lowest BCUT2D eigenvalue weighted by Gasteiger charge is -2.53. The van der Waals surface area contributed by atoms with Gasteiger partial charge < -0.3 is 24.4 Å². The van der Waals surface area contributed by atoms with Crippen LogP contribution in [-0.4, -0.2) is 72.2 Å². The molecule has 0 saturated carbocycles. The summed E-state index contributed by atoms with van der Waals surface area (Å²) in [5.41, 5.74) is 1.19. The Morgan fingerprint density at radius 1 is 1.29 bits per heavy atom. The van der Waals surface area contributed by atoms with Gasteiger partial charge in [0.15, 0.2) is 0 Å². The zero-order valence-electron chi connectivity index (χ0n) is 18.5. The molecular formula is C22H26F3N3O6. The third-order valence-corrected chi connectivity index (χ3v) is 5.70. The molecule has 0 bridgehead atoms. The van der Waals surface area contributed by atoms with Gasteiger partial charge in [-0.3, -0.25) is 9.69 Å². The second-order valence-electron chi connectivity index (χ2n) is 8.25. The molecular weight excluding hydrogens is 459 g/mol. The molecule has 2 aliphatic rings. The van der Waals surface area contributed by atoms with Crippen LogP contribution in [0.15, 0.2) is 41.1 Å². The number of para-hydroxylation sites is 1. The highest BCUT2D eigenvalue weighted by Gasteiger charge is 2.46. The van der Waals surface area contributed by atoms with Crippen LogP contribution in [0.3, 0.4) is 0 Å². The molecule has 4 rings (SSSR count). The van der Waals surface area contributed by atoms with Crippen molar-refractivity contribution in [2.24, 2.45) is 5.92 Å². The van der Waals surface area contributed by atoms with E-state index in [1.54, 1.807) is 13.2 Å². The fourth-order valence-electron chi connectivity index (χ4n) is 3.94. The zero-order valence-corrected chi connectivity index (χ0v) is 18.5.